The first kappa shape index (κ1) is 19.0. The van der Waals surface area contributed by atoms with E-state index in [1.165, 1.54) is 24.3 Å². The highest BCUT2D eigenvalue weighted by Gasteiger charge is 2.44. The molecule has 2 aliphatic heterocycles. The maximum atomic E-state index is 13.3. The second-order valence-corrected chi connectivity index (χ2v) is 8.06. The number of amides is 1. The van der Waals surface area contributed by atoms with E-state index in [-0.39, 0.29) is 29.6 Å². The van der Waals surface area contributed by atoms with Crippen LogP contribution in [-0.2, 0) is 4.84 Å². The maximum Gasteiger partial charge on any atom is 0.269 e. The van der Waals surface area contributed by atoms with Crippen LogP contribution in [0.25, 0.3) is 0 Å². The first-order valence-electron chi connectivity index (χ1n) is 9.11. The molecule has 3 atom stereocenters. The van der Waals surface area contributed by atoms with Crippen molar-refractivity contribution in [2.24, 2.45) is 5.92 Å². The minimum Gasteiger partial charge on any atom is -0.331 e. The Balaban J connectivity index is 1.68. The maximum absolute atomic E-state index is 13.3. The highest BCUT2D eigenvalue weighted by atomic mass is 79.9. The summed E-state index contributed by atoms with van der Waals surface area (Å²) in [6.07, 6.45) is 0.766. The molecule has 0 aliphatic carbocycles. The van der Waals surface area contributed by atoms with Crippen LogP contribution in [0.1, 0.15) is 28.4 Å². The molecular weight excluding hydrogens is 426 g/mol. The van der Waals surface area contributed by atoms with E-state index < -0.39 is 4.92 Å². The van der Waals surface area contributed by atoms with Crippen LogP contribution < -0.4 is 0 Å². The van der Waals surface area contributed by atoms with Gasteiger partial charge in [-0.25, -0.2) is 0 Å². The lowest BCUT2D eigenvalue weighted by Gasteiger charge is -2.42. The standard InChI is InChI=1S/C20H20BrN3O4/c1-22-18-10-19(16-4-2-3-5-17(16)21)23(11-14(18)12-28-22)20(25)13-6-8-15(9-7-13)24(26)27/h2-9,14,18-19H,10-12H2,1H3/t14-,18-,19-/m0/s1. The fourth-order valence-corrected chi connectivity index (χ4v) is 4.67. The van der Waals surface area contributed by atoms with Crippen LogP contribution in [0.15, 0.2) is 53.0 Å². The lowest BCUT2D eigenvalue weighted by Crippen LogP contribution is -2.49. The number of hydrogen-bond acceptors (Lipinski definition) is 5. The summed E-state index contributed by atoms with van der Waals surface area (Å²) in [4.78, 5) is 31.3. The van der Waals surface area contributed by atoms with Crippen molar-refractivity contribution >= 4 is 27.5 Å². The molecular formula is C20H20BrN3O4. The van der Waals surface area contributed by atoms with Crippen LogP contribution >= 0.6 is 15.9 Å². The summed E-state index contributed by atoms with van der Waals surface area (Å²) in [5.74, 6) is 0.120. The van der Waals surface area contributed by atoms with Gasteiger partial charge in [-0.1, -0.05) is 34.1 Å². The Hall–Kier alpha value is -2.29. The normalized spacial score (nSPS) is 24.8. The van der Waals surface area contributed by atoms with Crippen molar-refractivity contribution in [1.29, 1.82) is 0 Å². The molecule has 0 N–H and O–H groups in total. The second-order valence-electron chi connectivity index (χ2n) is 7.20. The van der Waals surface area contributed by atoms with Gasteiger partial charge in [0.25, 0.3) is 11.6 Å². The summed E-state index contributed by atoms with van der Waals surface area (Å²) in [7, 11) is 1.94. The Morgan fingerprint density at radius 3 is 2.61 bits per heavy atom. The summed E-state index contributed by atoms with van der Waals surface area (Å²) in [5.41, 5.74) is 1.48. The molecule has 2 fully saturated rings. The number of nitro benzene ring substituents is 1. The minimum atomic E-state index is -0.463. The van der Waals surface area contributed by atoms with Gasteiger partial charge in [0.15, 0.2) is 0 Å². The SMILES string of the molecule is CN1OC[C@@H]2CN(C(=O)c3ccc([N+](=O)[O-])cc3)[C@H](c3ccccc3Br)C[C@@H]21. The zero-order chi connectivity index (χ0) is 19.8. The largest absolute Gasteiger partial charge is 0.331 e. The Morgan fingerprint density at radius 2 is 1.93 bits per heavy atom. The van der Waals surface area contributed by atoms with Gasteiger partial charge in [0.1, 0.15) is 0 Å². The topological polar surface area (TPSA) is 75.9 Å². The molecule has 4 rings (SSSR count). The fraction of sp³-hybridized carbons (Fsp3) is 0.350. The van der Waals surface area contributed by atoms with Crippen LogP contribution in [0.3, 0.4) is 0 Å². The predicted octanol–water partition coefficient (Wildman–Crippen LogP) is 3.81. The number of halogens is 1. The monoisotopic (exact) mass is 445 g/mol. The van der Waals surface area contributed by atoms with Crippen molar-refractivity contribution < 1.29 is 14.6 Å². The summed E-state index contributed by atoms with van der Waals surface area (Å²) in [6.45, 7) is 1.17. The average Bonchev–Trinajstić information content (AvgIpc) is 3.07. The van der Waals surface area contributed by atoms with Gasteiger partial charge >= 0.3 is 0 Å². The molecule has 1 amide bonds. The number of hydrogen-bond donors (Lipinski definition) is 0. The van der Waals surface area contributed by atoms with E-state index in [1.54, 1.807) is 0 Å². The third-order valence-corrected chi connectivity index (χ3v) is 6.35. The molecule has 2 aromatic rings. The number of nitro groups is 1. The predicted molar refractivity (Wildman–Crippen MR) is 107 cm³/mol. The number of benzene rings is 2. The number of carbonyl (C=O) groups is 1. The minimum absolute atomic E-state index is 0.0246. The van der Waals surface area contributed by atoms with Crippen molar-refractivity contribution in [3.05, 3.63) is 74.2 Å². The Labute approximate surface area is 171 Å². The molecule has 0 saturated carbocycles. The molecule has 2 saturated heterocycles. The van der Waals surface area contributed by atoms with E-state index in [0.717, 1.165) is 16.5 Å². The number of carbonyl (C=O) groups excluding carboxylic acids is 1. The van der Waals surface area contributed by atoms with E-state index in [9.17, 15) is 14.9 Å². The molecule has 0 bridgehead atoms. The lowest BCUT2D eigenvalue weighted by molar-refractivity contribution is -0.384. The molecule has 0 spiro atoms. The average molecular weight is 446 g/mol. The van der Waals surface area contributed by atoms with Gasteiger partial charge in [-0.3, -0.25) is 19.7 Å². The van der Waals surface area contributed by atoms with Gasteiger partial charge in [-0.15, -0.1) is 0 Å². The first-order chi connectivity index (χ1) is 13.5. The number of hydroxylamine groups is 2. The summed E-state index contributed by atoms with van der Waals surface area (Å²) < 4.78 is 0.960. The third kappa shape index (κ3) is 3.43. The summed E-state index contributed by atoms with van der Waals surface area (Å²) in [5, 5.41) is 12.8. The van der Waals surface area contributed by atoms with Gasteiger partial charge in [-0.05, 0) is 30.2 Å². The summed E-state index contributed by atoms with van der Waals surface area (Å²) in [6, 6.07) is 13.9. The highest BCUT2D eigenvalue weighted by molar-refractivity contribution is 9.10. The molecule has 0 unspecified atom stereocenters. The van der Waals surface area contributed by atoms with Gasteiger partial charge < -0.3 is 4.90 Å². The number of nitrogens with zero attached hydrogens (tertiary/aromatic N) is 3. The molecule has 2 heterocycles. The molecule has 146 valence electrons. The van der Waals surface area contributed by atoms with E-state index in [2.05, 4.69) is 15.9 Å². The van der Waals surface area contributed by atoms with Crippen molar-refractivity contribution in [3.63, 3.8) is 0 Å². The molecule has 0 aromatic heterocycles. The Bertz CT molecular complexity index is 905. The fourth-order valence-electron chi connectivity index (χ4n) is 4.12. The van der Waals surface area contributed by atoms with E-state index in [1.807, 2.05) is 41.3 Å². The van der Waals surface area contributed by atoms with Crippen molar-refractivity contribution in [2.45, 2.75) is 18.5 Å². The second kappa shape index (κ2) is 7.62. The molecule has 2 aromatic carbocycles. The highest BCUT2D eigenvalue weighted by Crippen LogP contribution is 2.41. The van der Waals surface area contributed by atoms with E-state index >= 15 is 0 Å². The third-order valence-electron chi connectivity index (χ3n) is 5.63. The zero-order valence-corrected chi connectivity index (χ0v) is 16.9. The summed E-state index contributed by atoms with van der Waals surface area (Å²) >= 11 is 3.62. The van der Waals surface area contributed by atoms with Crippen LogP contribution in [0, 0.1) is 16.0 Å². The number of non-ortho nitro benzene ring substituents is 1. The molecule has 0 radical (unpaired) electrons. The Kier molecular flexibility index (Phi) is 5.18. The van der Waals surface area contributed by atoms with Crippen molar-refractivity contribution in [3.8, 4) is 0 Å². The van der Waals surface area contributed by atoms with Crippen molar-refractivity contribution in [1.82, 2.24) is 9.96 Å². The number of fused-ring (bicyclic) bond motifs is 1. The van der Waals surface area contributed by atoms with E-state index in [4.69, 9.17) is 4.84 Å². The molecule has 8 heteroatoms. The smallest absolute Gasteiger partial charge is 0.269 e. The zero-order valence-electron chi connectivity index (χ0n) is 15.3. The van der Waals surface area contributed by atoms with Crippen LogP contribution in [0.5, 0.6) is 0 Å². The van der Waals surface area contributed by atoms with Crippen molar-refractivity contribution in [2.75, 3.05) is 20.2 Å². The quantitative estimate of drug-likeness (QED) is 0.530. The lowest BCUT2D eigenvalue weighted by atomic mass is 9.85. The molecule has 28 heavy (non-hydrogen) atoms. The first-order valence-corrected chi connectivity index (χ1v) is 9.90. The van der Waals surface area contributed by atoms with Gasteiger partial charge in [0, 0.05) is 47.7 Å². The Morgan fingerprint density at radius 1 is 1.21 bits per heavy atom. The van der Waals surface area contributed by atoms with E-state index in [0.29, 0.717) is 18.7 Å². The van der Waals surface area contributed by atoms with Crippen LogP contribution in [0.2, 0.25) is 0 Å². The van der Waals surface area contributed by atoms with Crippen LogP contribution in [-0.4, -0.2) is 47.0 Å². The molecule has 7 nitrogen and oxygen atoms in total. The van der Waals surface area contributed by atoms with Gasteiger partial charge in [-0.2, -0.15) is 5.06 Å². The van der Waals surface area contributed by atoms with Crippen LogP contribution in [0.4, 0.5) is 5.69 Å². The van der Waals surface area contributed by atoms with Gasteiger partial charge in [0.2, 0.25) is 0 Å². The molecule has 2 aliphatic rings. The number of piperidine rings is 1. The van der Waals surface area contributed by atoms with Gasteiger partial charge in [0.05, 0.1) is 17.6 Å². The number of likely N-dealkylation sites (tertiary alicyclic amines) is 1. The number of rotatable bonds is 3.